The minimum absolute atomic E-state index is 0.0710. The lowest BCUT2D eigenvalue weighted by molar-refractivity contribution is -0.122. The molecule has 0 aromatic heterocycles. The van der Waals surface area contributed by atoms with E-state index in [0.29, 0.717) is 18.8 Å². The number of amides is 2. The maximum atomic E-state index is 12.3. The summed E-state index contributed by atoms with van der Waals surface area (Å²) in [6.07, 6.45) is 3.75. The first kappa shape index (κ1) is 22.0. The van der Waals surface area contributed by atoms with Crippen LogP contribution in [0.2, 0.25) is 0 Å². The molecule has 1 aliphatic heterocycles. The molecule has 32 heavy (non-hydrogen) atoms. The van der Waals surface area contributed by atoms with Crippen molar-refractivity contribution in [3.05, 3.63) is 53.6 Å². The maximum Gasteiger partial charge on any atom is 0.234 e. The highest BCUT2D eigenvalue weighted by Crippen LogP contribution is 2.38. The summed E-state index contributed by atoms with van der Waals surface area (Å²) in [5.41, 5.74) is 11.0. The SMILES string of the molecule is CC1C(=O)N(C)c2cc(-c3ccc(CC(C#N)NC(=O)C[C@H]4CC[C@@H](N)C4)cc3)ccc21. The molecule has 1 heterocycles. The van der Waals surface area contributed by atoms with Crippen LogP contribution in [0.1, 0.15) is 49.7 Å². The highest BCUT2D eigenvalue weighted by atomic mass is 16.2. The van der Waals surface area contributed by atoms with Crippen LogP contribution < -0.4 is 16.0 Å². The van der Waals surface area contributed by atoms with Crippen LogP contribution in [0.3, 0.4) is 0 Å². The zero-order valence-electron chi connectivity index (χ0n) is 18.7. The van der Waals surface area contributed by atoms with Crippen LogP contribution in [-0.4, -0.2) is 30.9 Å². The lowest BCUT2D eigenvalue weighted by atomic mass is 9.97. The monoisotopic (exact) mass is 430 g/mol. The number of hydrogen-bond acceptors (Lipinski definition) is 4. The van der Waals surface area contributed by atoms with Crippen LogP contribution >= 0.6 is 0 Å². The van der Waals surface area contributed by atoms with Gasteiger partial charge in [-0.2, -0.15) is 5.26 Å². The van der Waals surface area contributed by atoms with E-state index in [0.717, 1.165) is 47.2 Å². The Hall–Kier alpha value is -3.17. The van der Waals surface area contributed by atoms with E-state index >= 15 is 0 Å². The van der Waals surface area contributed by atoms with E-state index < -0.39 is 6.04 Å². The number of nitriles is 1. The standard InChI is InChI=1S/C26H30N4O2/c1-16-23-10-8-20(14-24(23)30(2)26(16)32)19-6-3-17(4-7-19)12-22(15-27)29-25(31)13-18-5-9-21(28)11-18/h3-4,6-8,10,14,16,18,21-22H,5,9,11-13,28H2,1-2H3,(H,29,31)/t16?,18-,21+,22?/m0/s1. The molecule has 1 aliphatic carbocycles. The van der Waals surface area contributed by atoms with Crippen LogP contribution in [0.5, 0.6) is 0 Å². The van der Waals surface area contributed by atoms with Crippen molar-refractivity contribution >= 4 is 17.5 Å². The van der Waals surface area contributed by atoms with Crippen LogP contribution in [-0.2, 0) is 16.0 Å². The van der Waals surface area contributed by atoms with E-state index in [1.165, 1.54) is 0 Å². The van der Waals surface area contributed by atoms with E-state index in [1.54, 1.807) is 4.90 Å². The Balaban J connectivity index is 1.39. The summed E-state index contributed by atoms with van der Waals surface area (Å²) in [4.78, 5) is 26.3. The summed E-state index contributed by atoms with van der Waals surface area (Å²) in [6.45, 7) is 1.94. The number of carbonyl (C=O) groups is 2. The Kier molecular flexibility index (Phi) is 6.29. The first-order valence-electron chi connectivity index (χ1n) is 11.3. The number of fused-ring (bicyclic) bond motifs is 1. The average molecular weight is 431 g/mol. The minimum Gasteiger partial charge on any atom is -0.340 e. The van der Waals surface area contributed by atoms with Gasteiger partial charge >= 0.3 is 0 Å². The number of nitrogens with zero attached hydrogens (tertiary/aromatic N) is 2. The quantitative estimate of drug-likeness (QED) is 0.733. The molecule has 0 radical (unpaired) electrons. The molecule has 1 fully saturated rings. The van der Waals surface area contributed by atoms with Crippen molar-refractivity contribution < 1.29 is 9.59 Å². The van der Waals surface area contributed by atoms with Crippen molar-refractivity contribution in [2.75, 3.05) is 11.9 Å². The fraction of sp³-hybridized carbons (Fsp3) is 0.423. The van der Waals surface area contributed by atoms with E-state index in [4.69, 9.17) is 5.73 Å². The smallest absolute Gasteiger partial charge is 0.234 e. The second kappa shape index (κ2) is 9.13. The molecule has 0 bridgehead atoms. The Morgan fingerprint density at radius 1 is 1.22 bits per heavy atom. The lowest BCUT2D eigenvalue weighted by Gasteiger charge is -2.15. The molecular formula is C26H30N4O2. The normalized spacial score (nSPS) is 23.0. The lowest BCUT2D eigenvalue weighted by Crippen LogP contribution is -2.36. The Morgan fingerprint density at radius 2 is 1.94 bits per heavy atom. The van der Waals surface area contributed by atoms with Crippen molar-refractivity contribution in [2.24, 2.45) is 11.7 Å². The van der Waals surface area contributed by atoms with Crippen LogP contribution in [0.4, 0.5) is 5.69 Å². The number of rotatable bonds is 6. The van der Waals surface area contributed by atoms with Gasteiger partial charge in [0.15, 0.2) is 0 Å². The van der Waals surface area contributed by atoms with Crippen molar-refractivity contribution in [3.8, 4) is 17.2 Å². The molecule has 2 aliphatic rings. The summed E-state index contributed by atoms with van der Waals surface area (Å²) >= 11 is 0. The predicted octanol–water partition coefficient (Wildman–Crippen LogP) is 3.50. The highest BCUT2D eigenvalue weighted by molar-refractivity contribution is 6.04. The van der Waals surface area contributed by atoms with Crippen LogP contribution in [0, 0.1) is 17.2 Å². The molecule has 2 amide bonds. The fourth-order valence-corrected chi connectivity index (χ4v) is 4.93. The number of anilines is 1. The first-order chi connectivity index (χ1) is 15.4. The van der Waals surface area contributed by atoms with Crippen molar-refractivity contribution in [1.29, 1.82) is 5.26 Å². The number of carbonyl (C=O) groups excluding carboxylic acids is 2. The zero-order valence-corrected chi connectivity index (χ0v) is 18.7. The predicted molar refractivity (Wildman–Crippen MR) is 125 cm³/mol. The molecule has 0 saturated heterocycles. The third-order valence-electron chi connectivity index (χ3n) is 6.83. The molecular weight excluding hydrogens is 400 g/mol. The van der Waals surface area contributed by atoms with Crippen LogP contribution in [0.25, 0.3) is 11.1 Å². The van der Waals surface area contributed by atoms with Gasteiger partial charge in [0.25, 0.3) is 0 Å². The van der Waals surface area contributed by atoms with E-state index in [9.17, 15) is 14.9 Å². The second-order valence-corrected chi connectivity index (χ2v) is 9.19. The van der Waals surface area contributed by atoms with Gasteiger partial charge in [0.1, 0.15) is 6.04 Å². The summed E-state index contributed by atoms with van der Waals surface area (Å²) in [6, 6.07) is 16.0. The minimum atomic E-state index is -0.551. The summed E-state index contributed by atoms with van der Waals surface area (Å²) in [5.74, 6) is 0.273. The van der Waals surface area contributed by atoms with E-state index in [2.05, 4.69) is 17.5 Å². The molecule has 2 aromatic carbocycles. The molecule has 4 rings (SSSR count). The molecule has 2 unspecified atom stereocenters. The van der Waals surface area contributed by atoms with Gasteiger partial charge in [0.05, 0.1) is 12.0 Å². The fourth-order valence-electron chi connectivity index (χ4n) is 4.93. The van der Waals surface area contributed by atoms with Gasteiger partial charge in [-0.15, -0.1) is 0 Å². The third-order valence-corrected chi connectivity index (χ3v) is 6.83. The van der Waals surface area contributed by atoms with Gasteiger partial charge in [-0.05, 0) is 60.4 Å². The maximum absolute atomic E-state index is 12.3. The summed E-state index contributed by atoms with van der Waals surface area (Å²) in [5, 5.41) is 12.4. The van der Waals surface area contributed by atoms with Crippen molar-refractivity contribution in [2.45, 2.75) is 57.0 Å². The van der Waals surface area contributed by atoms with Gasteiger partial charge < -0.3 is 16.0 Å². The first-order valence-corrected chi connectivity index (χ1v) is 11.3. The van der Waals surface area contributed by atoms with Gasteiger partial charge in [-0.25, -0.2) is 0 Å². The third kappa shape index (κ3) is 4.53. The molecule has 6 heteroatoms. The van der Waals surface area contributed by atoms with Crippen molar-refractivity contribution in [3.63, 3.8) is 0 Å². The zero-order chi connectivity index (χ0) is 22.8. The van der Waals surface area contributed by atoms with Gasteiger partial charge in [-0.1, -0.05) is 36.4 Å². The largest absolute Gasteiger partial charge is 0.340 e. The van der Waals surface area contributed by atoms with Crippen molar-refractivity contribution in [1.82, 2.24) is 5.32 Å². The molecule has 3 N–H and O–H groups in total. The topological polar surface area (TPSA) is 99.2 Å². The second-order valence-electron chi connectivity index (χ2n) is 9.19. The van der Waals surface area contributed by atoms with E-state index in [-0.39, 0.29) is 23.8 Å². The van der Waals surface area contributed by atoms with Gasteiger partial charge in [-0.3, -0.25) is 9.59 Å². The number of nitrogens with two attached hydrogens (primary N) is 1. The van der Waals surface area contributed by atoms with Gasteiger partial charge in [0, 0.05) is 31.6 Å². The number of likely N-dealkylation sites (N-methyl/N-ethyl adjacent to an activating group) is 1. The average Bonchev–Trinajstić information content (AvgIpc) is 3.29. The molecule has 166 valence electrons. The molecule has 4 atom stereocenters. The molecule has 1 saturated carbocycles. The Morgan fingerprint density at radius 3 is 2.59 bits per heavy atom. The number of hydrogen-bond donors (Lipinski definition) is 2. The van der Waals surface area contributed by atoms with E-state index in [1.807, 2.05) is 50.4 Å². The highest BCUT2D eigenvalue weighted by Gasteiger charge is 2.31. The summed E-state index contributed by atoms with van der Waals surface area (Å²) < 4.78 is 0. The molecule has 6 nitrogen and oxygen atoms in total. The Labute approximate surface area is 189 Å². The molecule has 2 aromatic rings. The summed E-state index contributed by atoms with van der Waals surface area (Å²) in [7, 11) is 1.81. The van der Waals surface area contributed by atoms with Gasteiger partial charge in [0.2, 0.25) is 11.8 Å². The number of benzene rings is 2. The Bertz CT molecular complexity index is 1060. The van der Waals surface area contributed by atoms with Crippen LogP contribution in [0.15, 0.2) is 42.5 Å². The molecule has 0 spiro atoms. The number of nitrogens with one attached hydrogen (secondary N) is 1.